The van der Waals surface area contributed by atoms with Crippen LogP contribution in [0.2, 0.25) is 0 Å². The van der Waals surface area contributed by atoms with Crippen LogP contribution in [0.25, 0.3) is 0 Å². The van der Waals surface area contributed by atoms with Crippen molar-refractivity contribution in [2.75, 3.05) is 27.1 Å². The van der Waals surface area contributed by atoms with E-state index in [0.29, 0.717) is 20.0 Å². The van der Waals surface area contributed by atoms with E-state index in [-0.39, 0.29) is 0 Å². The summed E-state index contributed by atoms with van der Waals surface area (Å²) in [6.45, 7) is 1.50. The highest BCUT2D eigenvalue weighted by Gasteiger charge is 1.85. The summed E-state index contributed by atoms with van der Waals surface area (Å²) in [5, 5.41) is 0. The van der Waals surface area contributed by atoms with Crippen LogP contribution in [0.5, 0.6) is 0 Å². The fourth-order valence-corrected chi connectivity index (χ4v) is 0.387. The van der Waals surface area contributed by atoms with Gasteiger partial charge in [0.2, 0.25) is 0 Å². The predicted molar refractivity (Wildman–Crippen MR) is 32.6 cm³/mol. The lowest BCUT2D eigenvalue weighted by Gasteiger charge is -1.99. The first-order valence-corrected chi connectivity index (χ1v) is 2.80. The first-order valence-electron chi connectivity index (χ1n) is 2.80. The Balaban J connectivity index is 2.60. The van der Waals surface area contributed by atoms with Crippen molar-refractivity contribution >= 4 is 0 Å². The summed E-state index contributed by atoms with van der Waals surface area (Å²) >= 11 is 0. The molecule has 0 amide bonds. The Bertz CT molecular complexity index is 45.5. The topological polar surface area (TPSA) is 53.7 Å². The molecule has 0 saturated heterocycles. The second-order valence-corrected chi connectivity index (χ2v) is 1.54. The lowest BCUT2D eigenvalue weighted by atomic mass is 10.5. The van der Waals surface area contributed by atoms with Gasteiger partial charge in [-0.05, 0) is 6.42 Å². The molecule has 56 valence electrons. The van der Waals surface area contributed by atoms with Crippen molar-refractivity contribution in [1.29, 1.82) is 0 Å². The average Bonchev–Trinajstić information content (AvgIpc) is 1.89. The Morgan fingerprint density at radius 1 is 1.33 bits per heavy atom. The first kappa shape index (κ1) is 8.84. The molecular formula is C5H13NO3. The van der Waals surface area contributed by atoms with Crippen LogP contribution in [0.15, 0.2) is 0 Å². The van der Waals surface area contributed by atoms with Gasteiger partial charge >= 0.3 is 0 Å². The van der Waals surface area contributed by atoms with Gasteiger partial charge in [0, 0.05) is 7.11 Å². The predicted octanol–water partition coefficient (Wildman–Crippen LogP) is -0.113. The van der Waals surface area contributed by atoms with E-state index in [1.807, 2.05) is 0 Å². The van der Waals surface area contributed by atoms with E-state index in [4.69, 9.17) is 10.6 Å². The Morgan fingerprint density at radius 2 is 2.11 bits per heavy atom. The van der Waals surface area contributed by atoms with Crippen molar-refractivity contribution in [2.24, 2.45) is 5.90 Å². The largest absolute Gasteiger partial charge is 0.359 e. The van der Waals surface area contributed by atoms with Gasteiger partial charge in [0.1, 0.15) is 6.79 Å². The molecule has 0 atom stereocenters. The number of methoxy groups -OCH3 is 1. The quantitative estimate of drug-likeness (QED) is 0.313. The molecular weight excluding hydrogens is 122 g/mol. The van der Waals surface area contributed by atoms with Gasteiger partial charge in [0.05, 0.1) is 13.2 Å². The van der Waals surface area contributed by atoms with Crippen LogP contribution < -0.4 is 5.90 Å². The summed E-state index contributed by atoms with van der Waals surface area (Å²) in [7, 11) is 1.58. The molecule has 9 heavy (non-hydrogen) atoms. The normalized spacial score (nSPS) is 10.0. The molecule has 0 saturated carbocycles. The Kier molecular flexibility index (Phi) is 7.70. The average molecular weight is 135 g/mol. The lowest BCUT2D eigenvalue weighted by molar-refractivity contribution is -0.0368. The summed E-state index contributed by atoms with van der Waals surface area (Å²) in [5.74, 6) is 4.76. The molecule has 0 heterocycles. The zero-order valence-corrected chi connectivity index (χ0v) is 5.63. The van der Waals surface area contributed by atoms with E-state index in [1.54, 1.807) is 7.11 Å². The molecule has 2 N–H and O–H groups in total. The minimum absolute atomic E-state index is 0.338. The van der Waals surface area contributed by atoms with Gasteiger partial charge in [-0.2, -0.15) is 0 Å². The molecule has 0 rings (SSSR count). The smallest absolute Gasteiger partial charge is 0.146 e. The second kappa shape index (κ2) is 7.84. The van der Waals surface area contributed by atoms with Crippen LogP contribution in [0.1, 0.15) is 6.42 Å². The number of nitrogens with two attached hydrogens (primary N) is 1. The maximum atomic E-state index is 4.93. The minimum atomic E-state index is 0.338. The van der Waals surface area contributed by atoms with Crippen LogP contribution in [0, 0.1) is 0 Å². The maximum Gasteiger partial charge on any atom is 0.146 e. The minimum Gasteiger partial charge on any atom is -0.359 e. The molecule has 0 spiro atoms. The van der Waals surface area contributed by atoms with Crippen molar-refractivity contribution < 1.29 is 14.3 Å². The highest BCUT2D eigenvalue weighted by Crippen LogP contribution is 1.81. The summed E-state index contributed by atoms with van der Waals surface area (Å²) in [4.78, 5) is 4.30. The van der Waals surface area contributed by atoms with Crippen molar-refractivity contribution in [3.63, 3.8) is 0 Å². The molecule has 4 nitrogen and oxygen atoms in total. The van der Waals surface area contributed by atoms with E-state index in [9.17, 15) is 0 Å². The van der Waals surface area contributed by atoms with Gasteiger partial charge in [-0.15, -0.1) is 0 Å². The molecule has 0 bridgehead atoms. The van der Waals surface area contributed by atoms with E-state index < -0.39 is 0 Å². The zero-order chi connectivity index (χ0) is 6.95. The molecule has 0 aromatic carbocycles. The third kappa shape index (κ3) is 7.84. The standard InChI is InChI=1S/C5H13NO3/c1-7-5-8-3-2-4-9-6/h2-6H2,1H3. The molecule has 0 fully saturated rings. The number of ether oxygens (including phenoxy) is 2. The fraction of sp³-hybridized carbons (Fsp3) is 1.00. The van der Waals surface area contributed by atoms with Crippen LogP contribution in [-0.4, -0.2) is 27.1 Å². The van der Waals surface area contributed by atoms with E-state index in [0.717, 1.165) is 6.42 Å². The number of hydrogen-bond acceptors (Lipinski definition) is 4. The highest BCUT2D eigenvalue weighted by molar-refractivity contribution is 4.28. The summed E-state index contributed by atoms with van der Waals surface area (Å²) < 4.78 is 9.55. The molecule has 0 aliphatic carbocycles. The highest BCUT2D eigenvalue weighted by atomic mass is 16.7. The molecule has 0 aliphatic heterocycles. The van der Waals surface area contributed by atoms with Gasteiger partial charge in [-0.25, -0.2) is 5.90 Å². The number of rotatable bonds is 6. The van der Waals surface area contributed by atoms with E-state index >= 15 is 0 Å². The van der Waals surface area contributed by atoms with Crippen LogP contribution in [-0.2, 0) is 14.3 Å². The van der Waals surface area contributed by atoms with Crippen LogP contribution in [0.4, 0.5) is 0 Å². The molecule has 0 aliphatic rings. The van der Waals surface area contributed by atoms with Crippen molar-refractivity contribution in [2.45, 2.75) is 6.42 Å². The molecule has 0 radical (unpaired) electrons. The van der Waals surface area contributed by atoms with E-state index in [2.05, 4.69) is 9.57 Å². The van der Waals surface area contributed by atoms with Crippen LogP contribution in [0.3, 0.4) is 0 Å². The lowest BCUT2D eigenvalue weighted by Crippen LogP contribution is -2.05. The third-order valence-electron chi connectivity index (χ3n) is 0.752. The Labute approximate surface area is 54.8 Å². The van der Waals surface area contributed by atoms with Gasteiger partial charge in [-0.3, -0.25) is 0 Å². The fourth-order valence-electron chi connectivity index (χ4n) is 0.387. The second-order valence-electron chi connectivity index (χ2n) is 1.54. The molecule has 4 heteroatoms. The van der Waals surface area contributed by atoms with Crippen molar-refractivity contribution in [3.8, 4) is 0 Å². The first-order chi connectivity index (χ1) is 4.41. The Morgan fingerprint density at radius 3 is 2.67 bits per heavy atom. The monoisotopic (exact) mass is 135 g/mol. The molecule has 0 aromatic heterocycles. The molecule has 0 aromatic rings. The zero-order valence-electron chi connectivity index (χ0n) is 5.63. The van der Waals surface area contributed by atoms with Gasteiger partial charge in [0.15, 0.2) is 0 Å². The van der Waals surface area contributed by atoms with Crippen molar-refractivity contribution in [3.05, 3.63) is 0 Å². The summed E-state index contributed by atoms with van der Waals surface area (Å²) in [5.41, 5.74) is 0. The van der Waals surface area contributed by atoms with E-state index in [1.165, 1.54) is 0 Å². The van der Waals surface area contributed by atoms with Gasteiger partial charge in [-0.1, -0.05) is 0 Å². The van der Waals surface area contributed by atoms with Crippen LogP contribution >= 0.6 is 0 Å². The SMILES string of the molecule is COCOCCCON. The molecule has 0 unspecified atom stereocenters. The van der Waals surface area contributed by atoms with Gasteiger partial charge in [0.25, 0.3) is 0 Å². The maximum absolute atomic E-state index is 4.93. The summed E-state index contributed by atoms with van der Waals surface area (Å²) in [6.07, 6.45) is 0.805. The van der Waals surface area contributed by atoms with Crippen molar-refractivity contribution in [1.82, 2.24) is 0 Å². The summed E-state index contributed by atoms with van der Waals surface area (Å²) in [6, 6.07) is 0. The Hall–Kier alpha value is -0.160. The number of hydrogen-bond donors (Lipinski definition) is 1. The van der Waals surface area contributed by atoms with Gasteiger partial charge < -0.3 is 14.3 Å². The third-order valence-corrected chi connectivity index (χ3v) is 0.752.